The fourth-order valence-electron chi connectivity index (χ4n) is 2.39. The molecule has 2 aromatic rings. The lowest BCUT2D eigenvalue weighted by Crippen LogP contribution is -2.24. The summed E-state index contributed by atoms with van der Waals surface area (Å²) in [6, 6.07) is 2.44. The third-order valence-corrected chi connectivity index (χ3v) is 6.47. The molecular formula is C15H21Br2N3S. The fraction of sp³-hybridized carbons (Fsp3) is 0.533. The first kappa shape index (κ1) is 17.2. The van der Waals surface area contributed by atoms with Gasteiger partial charge in [-0.05, 0) is 70.1 Å². The second-order valence-corrected chi connectivity index (χ2v) is 7.60. The van der Waals surface area contributed by atoms with Gasteiger partial charge >= 0.3 is 0 Å². The Morgan fingerprint density at radius 1 is 1.38 bits per heavy atom. The van der Waals surface area contributed by atoms with Crippen molar-refractivity contribution in [2.45, 2.75) is 46.2 Å². The van der Waals surface area contributed by atoms with Gasteiger partial charge in [-0.15, -0.1) is 11.3 Å². The Hall–Kier alpha value is -0.170. The van der Waals surface area contributed by atoms with E-state index in [-0.39, 0.29) is 0 Å². The number of thiophene rings is 1. The van der Waals surface area contributed by atoms with Crippen molar-refractivity contribution in [2.24, 2.45) is 0 Å². The van der Waals surface area contributed by atoms with Crippen LogP contribution in [0.2, 0.25) is 0 Å². The Labute approximate surface area is 147 Å². The van der Waals surface area contributed by atoms with Gasteiger partial charge in [0.25, 0.3) is 0 Å². The number of aromatic nitrogens is 2. The second-order valence-electron chi connectivity index (χ2n) is 5.01. The summed E-state index contributed by atoms with van der Waals surface area (Å²) in [7, 11) is 0. The van der Waals surface area contributed by atoms with Crippen molar-refractivity contribution in [1.29, 1.82) is 0 Å². The van der Waals surface area contributed by atoms with Gasteiger partial charge in [-0.3, -0.25) is 4.68 Å². The number of rotatable bonds is 7. The highest BCUT2D eigenvalue weighted by molar-refractivity contribution is 9.10. The van der Waals surface area contributed by atoms with Gasteiger partial charge in [0.15, 0.2) is 0 Å². The standard InChI is InChI=1S/C15H21Br2N3S/c1-4-7-18-12(15-11(16)6-8-21-15)9-13-14(17)10(3)19-20(13)5-2/h6,8,12,18H,4-5,7,9H2,1-3H3. The van der Waals surface area contributed by atoms with Crippen molar-refractivity contribution in [2.75, 3.05) is 6.54 Å². The molecule has 2 aromatic heterocycles. The molecule has 0 fully saturated rings. The molecular weight excluding hydrogens is 414 g/mol. The lowest BCUT2D eigenvalue weighted by molar-refractivity contribution is 0.506. The Morgan fingerprint density at radius 2 is 2.14 bits per heavy atom. The quantitative estimate of drug-likeness (QED) is 0.658. The van der Waals surface area contributed by atoms with Crippen LogP contribution in [-0.2, 0) is 13.0 Å². The number of halogens is 2. The minimum absolute atomic E-state index is 0.317. The van der Waals surface area contributed by atoms with Crippen LogP contribution in [0.3, 0.4) is 0 Å². The van der Waals surface area contributed by atoms with Crippen LogP contribution in [0.15, 0.2) is 20.4 Å². The maximum atomic E-state index is 4.60. The van der Waals surface area contributed by atoms with Gasteiger partial charge < -0.3 is 5.32 Å². The number of aryl methyl sites for hydroxylation is 2. The smallest absolute Gasteiger partial charge is 0.0738 e. The van der Waals surface area contributed by atoms with Crippen LogP contribution >= 0.6 is 43.2 Å². The van der Waals surface area contributed by atoms with Crippen LogP contribution in [0.1, 0.15) is 42.6 Å². The minimum atomic E-state index is 0.317. The van der Waals surface area contributed by atoms with E-state index in [1.807, 2.05) is 0 Å². The molecule has 0 aromatic carbocycles. The summed E-state index contributed by atoms with van der Waals surface area (Å²) in [5.41, 5.74) is 2.33. The Bertz CT molecular complexity index is 592. The highest BCUT2D eigenvalue weighted by Crippen LogP contribution is 2.33. The van der Waals surface area contributed by atoms with Crippen molar-refractivity contribution in [1.82, 2.24) is 15.1 Å². The zero-order chi connectivity index (χ0) is 15.4. The summed E-state index contributed by atoms with van der Waals surface area (Å²) < 4.78 is 4.43. The first-order valence-corrected chi connectivity index (χ1v) is 9.73. The second kappa shape index (κ2) is 7.90. The molecule has 0 aliphatic rings. The van der Waals surface area contributed by atoms with Crippen molar-refractivity contribution in [3.63, 3.8) is 0 Å². The molecule has 0 saturated carbocycles. The first-order valence-electron chi connectivity index (χ1n) is 7.26. The molecule has 0 bridgehead atoms. The first-order chi connectivity index (χ1) is 10.1. The van der Waals surface area contributed by atoms with Gasteiger partial charge in [-0.25, -0.2) is 0 Å². The van der Waals surface area contributed by atoms with E-state index >= 15 is 0 Å². The summed E-state index contributed by atoms with van der Waals surface area (Å²) in [6.07, 6.45) is 2.07. The highest BCUT2D eigenvalue weighted by atomic mass is 79.9. The van der Waals surface area contributed by atoms with Gasteiger partial charge in [0.1, 0.15) is 0 Å². The molecule has 21 heavy (non-hydrogen) atoms. The van der Waals surface area contributed by atoms with E-state index in [0.29, 0.717) is 6.04 Å². The lowest BCUT2D eigenvalue weighted by Gasteiger charge is -2.19. The summed E-state index contributed by atoms with van der Waals surface area (Å²) in [4.78, 5) is 1.36. The minimum Gasteiger partial charge on any atom is -0.309 e. The molecule has 3 nitrogen and oxygen atoms in total. The molecule has 1 N–H and O–H groups in total. The van der Waals surface area contributed by atoms with Crippen LogP contribution in [-0.4, -0.2) is 16.3 Å². The summed E-state index contributed by atoms with van der Waals surface area (Å²) in [6.45, 7) is 8.30. The average Bonchev–Trinajstić information content (AvgIpc) is 3.01. The van der Waals surface area contributed by atoms with Crippen molar-refractivity contribution < 1.29 is 0 Å². The van der Waals surface area contributed by atoms with E-state index in [2.05, 4.69) is 79.2 Å². The molecule has 1 atom stereocenters. The van der Waals surface area contributed by atoms with E-state index in [1.165, 1.54) is 15.0 Å². The number of hydrogen-bond donors (Lipinski definition) is 1. The van der Waals surface area contributed by atoms with Gasteiger partial charge in [0.05, 0.1) is 15.9 Å². The lowest BCUT2D eigenvalue weighted by atomic mass is 10.1. The van der Waals surface area contributed by atoms with E-state index in [9.17, 15) is 0 Å². The van der Waals surface area contributed by atoms with Crippen LogP contribution in [0.4, 0.5) is 0 Å². The van der Waals surface area contributed by atoms with Gasteiger partial charge in [-0.1, -0.05) is 6.92 Å². The largest absolute Gasteiger partial charge is 0.309 e. The zero-order valence-electron chi connectivity index (χ0n) is 12.6. The fourth-order valence-corrected chi connectivity index (χ4v) is 4.56. The predicted molar refractivity (Wildman–Crippen MR) is 97.1 cm³/mol. The molecule has 6 heteroatoms. The third-order valence-electron chi connectivity index (χ3n) is 3.45. The van der Waals surface area contributed by atoms with Crippen LogP contribution in [0, 0.1) is 6.92 Å². The van der Waals surface area contributed by atoms with Crippen LogP contribution in [0.5, 0.6) is 0 Å². The molecule has 1 unspecified atom stereocenters. The average molecular weight is 435 g/mol. The molecule has 2 heterocycles. The van der Waals surface area contributed by atoms with E-state index in [0.717, 1.165) is 36.1 Å². The highest BCUT2D eigenvalue weighted by Gasteiger charge is 2.21. The molecule has 116 valence electrons. The topological polar surface area (TPSA) is 29.9 Å². The Balaban J connectivity index is 2.29. The normalized spacial score (nSPS) is 12.8. The molecule has 0 aliphatic heterocycles. The van der Waals surface area contributed by atoms with E-state index in [4.69, 9.17) is 0 Å². The molecule has 0 spiro atoms. The number of hydrogen-bond acceptors (Lipinski definition) is 3. The Morgan fingerprint density at radius 3 is 2.71 bits per heavy atom. The maximum absolute atomic E-state index is 4.60. The van der Waals surface area contributed by atoms with E-state index < -0.39 is 0 Å². The van der Waals surface area contributed by atoms with Crippen molar-refractivity contribution in [3.8, 4) is 0 Å². The number of nitrogens with one attached hydrogen (secondary N) is 1. The van der Waals surface area contributed by atoms with Crippen molar-refractivity contribution in [3.05, 3.63) is 36.7 Å². The van der Waals surface area contributed by atoms with E-state index in [1.54, 1.807) is 11.3 Å². The van der Waals surface area contributed by atoms with Crippen LogP contribution < -0.4 is 5.32 Å². The monoisotopic (exact) mass is 433 g/mol. The molecule has 0 saturated heterocycles. The predicted octanol–water partition coefficient (Wildman–Crippen LogP) is 5.08. The third kappa shape index (κ3) is 3.97. The summed E-state index contributed by atoms with van der Waals surface area (Å²) in [5, 5.41) is 10.4. The SMILES string of the molecule is CCCNC(Cc1c(Br)c(C)nn1CC)c1sccc1Br. The zero-order valence-corrected chi connectivity index (χ0v) is 16.6. The maximum Gasteiger partial charge on any atom is 0.0738 e. The van der Waals surface area contributed by atoms with Crippen molar-refractivity contribution >= 4 is 43.2 Å². The molecule has 2 rings (SSSR count). The summed E-state index contributed by atoms with van der Waals surface area (Å²) >= 11 is 9.17. The number of nitrogens with zero attached hydrogens (tertiary/aromatic N) is 2. The van der Waals surface area contributed by atoms with Gasteiger partial charge in [-0.2, -0.15) is 5.10 Å². The Kier molecular flexibility index (Phi) is 6.47. The van der Waals surface area contributed by atoms with Gasteiger partial charge in [0, 0.05) is 28.4 Å². The molecule has 0 radical (unpaired) electrons. The van der Waals surface area contributed by atoms with Gasteiger partial charge in [0.2, 0.25) is 0 Å². The summed E-state index contributed by atoms with van der Waals surface area (Å²) in [5.74, 6) is 0. The molecule has 0 aliphatic carbocycles. The molecule has 0 amide bonds. The van der Waals surface area contributed by atoms with Crippen LogP contribution in [0.25, 0.3) is 0 Å².